The van der Waals surface area contributed by atoms with Gasteiger partial charge in [0.25, 0.3) is 0 Å². The van der Waals surface area contributed by atoms with Crippen LogP contribution in [-0.4, -0.2) is 12.6 Å². The summed E-state index contributed by atoms with van der Waals surface area (Å²) in [5.74, 6) is 0. The topological polar surface area (TPSA) is 12.0 Å². The monoisotopic (exact) mass is 297 g/mol. The minimum Gasteiger partial charge on any atom is -0.315 e. The number of aryl methyl sites for hydroxylation is 3. The van der Waals surface area contributed by atoms with Gasteiger partial charge in [0.2, 0.25) is 0 Å². The lowest BCUT2D eigenvalue weighted by Gasteiger charge is -2.10. The molecule has 1 rings (SSSR count). The van der Waals surface area contributed by atoms with E-state index in [1.807, 2.05) is 0 Å². The molecule has 0 aliphatic carbocycles. The third kappa shape index (κ3) is 5.22. The van der Waals surface area contributed by atoms with Crippen molar-refractivity contribution >= 4 is 15.9 Å². The van der Waals surface area contributed by atoms with Gasteiger partial charge in [-0.3, -0.25) is 0 Å². The zero-order valence-corrected chi connectivity index (χ0v) is 13.0. The maximum absolute atomic E-state index is 3.58. The van der Waals surface area contributed by atoms with Crippen LogP contribution in [0, 0.1) is 13.8 Å². The Kier molecular flexibility index (Phi) is 6.21. The quantitative estimate of drug-likeness (QED) is 0.768. The van der Waals surface area contributed by atoms with E-state index in [-0.39, 0.29) is 0 Å². The largest absolute Gasteiger partial charge is 0.315 e. The predicted octanol–water partition coefficient (Wildman–Crippen LogP) is 4.39. The molecule has 0 heterocycles. The standard InChI is InChI=1S/C15H24BrN/c1-11(2)17-8-6-5-7-14-9-13(4)15(16)10-12(14)3/h9-11,17H,5-8H2,1-4H3. The second kappa shape index (κ2) is 7.17. The van der Waals surface area contributed by atoms with Crippen molar-refractivity contribution in [2.45, 2.75) is 53.0 Å². The van der Waals surface area contributed by atoms with Gasteiger partial charge in [0.15, 0.2) is 0 Å². The van der Waals surface area contributed by atoms with E-state index in [2.05, 4.69) is 61.1 Å². The van der Waals surface area contributed by atoms with Crippen LogP contribution in [0.1, 0.15) is 43.4 Å². The third-order valence-electron chi connectivity index (χ3n) is 3.04. The Morgan fingerprint density at radius 2 is 1.82 bits per heavy atom. The molecule has 0 atom stereocenters. The number of rotatable bonds is 6. The van der Waals surface area contributed by atoms with E-state index in [0.717, 1.165) is 6.54 Å². The average Bonchev–Trinajstić information content (AvgIpc) is 2.24. The van der Waals surface area contributed by atoms with Gasteiger partial charge < -0.3 is 5.32 Å². The van der Waals surface area contributed by atoms with Crippen LogP contribution < -0.4 is 5.32 Å². The molecule has 0 spiro atoms. The van der Waals surface area contributed by atoms with Gasteiger partial charge in [-0.15, -0.1) is 0 Å². The van der Waals surface area contributed by atoms with Crippen molar-refractivity contribution in [2.24, 2.45) is 0 Å². The van der Waals surface area contributed by atoms with Crippen LogP contribution in [0.15, 0.2) is 16.6 Å². The molecule has 0 aliphatic rings. The molecule has 1 aromatic carbocycles. The fraction of sp³-hybridized carbons (Fsp3) is 0.600. The van der Waals surface area contributed by atoms with Gasteiger partial charge in [0, 0.05) is 10.5 Å². The Morgan fingerprint density at radius 3 is 2.47 bits per heavy atom. The van der Waals surface area contributed by atoms with Crippen molar-refractivity contribution in [3.63, 3.8) is 0 Å². The summed E-state index contributed by atoms with van der Waals surface area (Å²) >= 11 is 3.58. The molecule has 0 aliphatic heterocycles. The fourth-order valence-electron chi connectivity index (χ4n) is 1.94. The Bertz CT molecular complexity index is 358. The first-order valence-corrected chi connectivity index (χ1v) is 7.29. The smallest absolute Gasteiger partial charge is 0.0207 e. The summed E-state index contributed by atoms with van der Waals surface area (Å²) in [4.78, 5) is 0. The Hall–Kier alpha value is -0.340. The highest BCUT2D eigenvalue weighted by Gasteiger charge is 2.02. The SMILES string of the molecule is Cc1cc(CCCCNC(C)C)c(C)cc1Br. The highest BCUT2D eigenvalue weighted by molar-refractivity contribution is 9.10. The van der Waals surface area contributed by atoms with Gasteiger partial charge in [0.1, 0.15) is 0 Å². The number of halogens is 1. The lowest BCUT2D eigenvalue weighted by molar-refractivity contribution is 0.557. The van der Waals surface area contributed by atoms with Crippen molar-refractivity contribution < 1.29 is 0 Å². The molecule has 2 heteroatoms. The van der Waals surface area contributed by atoms with Gasteiger partial charge in [-0.25, -0.2) is 0 Å². The third-order valence-corrected chi connectivity index (χ3v) is 3.90. The summed E-state index contributed by atoms with van der Waals surface area (Å²) in [5, 5.41) is 3.46. The van der Waals surface area contributed by atoms with Crippen molar-refractivity contribution in [3.05, 3.63) is 33.3 Å². The maximum Gasteiger partial charge on any atom is 0.0207 e. The maximum atomic E-state index is 3.58. The lowest BCUT2D eigenvalue weighted by atomic mass is 10.0. The molecule has 96 valence electrons. The second-order valence-corrected chi connectivity index (χ2v) is 5.95. The van der Waals surface area contributed by atoms with Crippen molar-refractivity contribution in [1.82, 2.24) is 5.32 Å². The van der Waals surface area contributed by atoms with Gasteiger partial charge in [-0.1, -0.05) is 35.8 Å². The molecule has 1 N–H and O–H groups in total. The minimum atomic E-state index is 0.603. The van der Waals surface area contributed by atoms with Crippen LogP contribution in [-0.2, 0) is 6.42 Å². The molecule has 0 saturated carbocycles. The van der Waals surface area contributed by atoms with Gasteiger partial charge in [-0.2, -0.15) is 0 Å². The highest BCUT2D eigenvalue weighted by atomic mass is 79.9. The molecule has 17 heavy (non-hydrogen) atoms. The summed E-state index contributed by atoms with van der Waals surface area (Å²) in [7, 11) is 0. The van der Waals surface area contributed by atoms with Crippen LogP contribution in [0.3, 0.4) is 0 Å². The number of hydrogen-bond donors (Lipinski definition) is 1. The van der Waals surface area contributed by atoms with E-state index in [0.29, 0.717) is 6.04 Å². The number of unbranched alkanes of at least 4 members (excludes halogenated alkanes) is 1. The molecule has 0 amide bonds. The number of benzene rings is 1. The molecule has 0 saturated heterocycles. The van der Waals surface area contributed by atoms with Crippen LogP contribution in [0.25, 0.3) is 0 Å². The summed E-state index contributed by atoms with van der Waals surface area (Å²) in [5.41, 5.74) is 4.24. The fourth-order valence-corrected chi connectivity index (χ4v) is 2.40. The summed E-state index contributed by atoms with van der Waals surface area (Å²) in [6.45, 7) is 9.88. The van der Waals surface area contributed by atoms with Crippen molar-refractivity contribution in [1.29, 1.82) is 0 Å². The zero-order chi connectivity index (χ0) is 12.8. The Morgan fingerprint density at radius 1 is 1.12 bits per heavy atom. The van der Waals surface area contributed by atoms with Gasteiger partial charge in [-0.05, 0) is 62.4 Å². The summed E-state index contributed by atoms with van der Waals surface area (Å²) in [6, 6.07) is 5.15. The van der Waals surface area contributed by atoms with Crippen LogP contribution in [0.5, 0.6) is 0 Å². The Labute approximate surface area is 114 Å². The van der Waals surface area contributed by atoms with E-state index in [1.165, 1.54) is 40.4 Å². The molecular weight excluding hydrogens is 274 g/mol. The molecular formula is C15H24BrN. The Balaban J connectivity index is 2.39. The first-order valence-electron chi connectivity index (χ1n) is 6.49. The lowest BCUT2D eigenvalue weighted by Crippen LogP contribution is -2.23. The van der Waals surface area contributed by atoms with E-state index >= 15 is 0 Å². The molecule has 0 aromatic heterocycles. The molecule has 0 unspecified atom stereocenters. The number of hydrogen-bond acceptors (Lipinski definition) is 1. The van der Waals surface area contributed by atoms with E-state index in [1.54, 1.807) is 0 Å². The number of nitrogens with one attached hydrogen (secondary N) is 1. The van der Waals surface area contributed by atoms with Gasteiger partial charge in [0.05, 0.1) is 0 Å². The van der Waals surface area contributed by atoms with E-state index in [4.69, 9.17) is 0 Å². The van der Waals surface area contributed by atoms with Gasteiger partial charge >= 0.3 is 0 Å². The molecule has 1 aromatic rings. The first-order chi connectivity index (χ1) is 8.00. The normalized spacial score (nSPS) is 11.2. The zero-order valence-electron chi connectivity index (χ0n) is 11.4. The molecule has 0 bridgehead atoms. The minimum absolute atomic E-state index is 0.603. The highest BCUT2D eigenvalue weighted by Crippen LogP contribution is 2.22. The van der Waals surface area contributed by atoms with E-state index in [9.17, 15) is 0 Å². The molecule has 1 nitrogen and oxygen atoms in total. The molecule has 0 fully saturated rings. The van der Waals surface area contributed by atoms with Crippen molar-refractivity contribution in [2.75, 3.05) is 6.54 Å². The predicted molar refractivity (Wildman–Crippen MR) is 79.7 cm³/mol. The second-order valence-electron chi connectivity index (χ2n) is 5.09. The van der Waals surface area contributed by atoms with E-state index < -0.39 is 0 Å². The average molecular weight is 298 g/mol. The summed E-state index contributed by atoms with van der Waals surface area (Å²) < 4.78 is 1.22. The van der Waals surface area contributed by atoms with Crippen LogP contribution in [0.2, 0.25) is 0 Å². The van der Waals surface area contributed by atoms with Crippen molar-refractivity contribution in [3.8, 4) is 0 Å². The summed E-state index contributed by atoms with van der Waals surface area (Å²) in [6.07, 6.45) is 3.72. The first kappa shape index (κ1) is 14.7. The van der Waals surface area contributed by atoms with Crippen LogP contribution >= 0.6 is 15.9 Å². The van der Waals surface area contributed by atoms with Crippen LogP contribution in [0.4, 0.5) is 0 Å². The molecule has 0 radical (unpaired) electrons.